The van der Waals surface area contributed by atoms with Crippen LogP contribution in [0.4, 0.5) is 5.69 Å². The second kappa shape index (κ2) is 25.9. The Morgan fingerprint density at radius 3 is 2.23 bits per heavy atom. The highest BCUT2D eigenvalue weighted by Gasteiger charge is 2.45. The number of imidazole rings is 1. The number of carbonyl (C=O) groups excluding carboxylic acids is 4. The van der Waals surface area contributed by atoms with Crippen LogP contribution in [0.25, 0.3) is 21.5 Å². The summed E-state index contributed by atoms with van der Waals surface area (Å²) >= 11 is 1.60. The van der Waals surface area contributed by atoms with Gasteiger partial charge in [0.2, 0.25) is 11.8 Å². The molecule has 2 aliphatic heterocycles. The molecule has 2 saturated heterocycles. The summed E-state index contributed by atoms with van der Waals surface area (Å²) in [4.78, 5) is 90.6. The third-order valence-electron chi connectivity index (χ3n) is 14.3. The molecule has 0 radical (unpaired) electrons. The Morgan fingerprint density at radius 1 is 0.919 bits per heavy atom. The minimum Gasteiger partial charge on any atom is -0.352 e. The van der Waals surface area contributed by atoms with Gasteiger partial charge in [0.15, 0.2) is 0 Å². The highest BCUT2D eigenvalue weighted by molar-refractivity contribution is 7.46. The van der Waals surface area contributed by atoms with Crippen LogP contribution in [0.2, 0.25) is 0 Å². The zero-order valence-corrected chi connectivity index (χ0v) is 45.5. The van der Waals surface area contributed by atoms with Crippen LogP contribution in [-0.4, -0.2) is 108 Å². The zero-order chi connectivity index (χ0) is 53.0. The number of thiazole rings is 1. The lowest BCUT2D eigenvalue weighted by atomic mass is 9.85. The van der Waals surface area contributed by atoms with E-state index in [1.165, 1.54) is 12.8 Å². The molecule has 0 bridgehead atoms. The number of carbonyl (C=O) groups is 4. The molecule has 0 spiro atoms. The molecule has 2 aromatic heterocycles. The summed E-state index contributed by atoms with van der Waals surface area (Å²) in [5.74, 6) is -0.0324. The monoisotopic (exact) mass is 1050 g/mol. The fourth-order valence-electron chi connectivity index (χ4n) is 10.0. The first-order valence-corrected chi connectivity index (χ1v) is 28.7. The molecule has 7 N–H and O–H groups in total. The van der Waals surface area contributed by atoms with Crippen molar-refractivity contribution in [1.82, 2.24) is 40.7 Å². The number of hydrogen-bond donors (Lipinski definition) is 7. The van der Waals surface area contributed by atoms with Gasteiger partial charge in [0.05, 0.1) is 39.8 Å². The molecule has 17 nitrogen and oxygen atoms in total. The van der Waals surface area contributed by atoms with Gasteiger partial charge in [-0.2, -0.15) is 0 Å². The fourth-order valence-corrected chi connectivity index (χ4v) is 11.4. The fraction of sp³-hybridized carbons (Fsp3) is 0.527. The Bertz CT molecular complexity index is 2720. The second-order valence-corrected chi connectivity index (χ2v) is 23.3. The van der Waals surface area contributed by atoms with Crippen molar-refractivity contribution in [1.29, 1.82) is 0 Å². The van der Waals surface area contributed by atoms with Gasteiger partial charge in [0.25, 0.3) is 11.8 Å². The summed E-state index contributed by atoms with van der Waals surface area (Å²) in [5.41, 5.74) is 7.66. The average molecular weight is 1050 g/mol. The van der Waals surface area contributed by atoms with Gasteiger partial charge in [-0.1, -0.05) is 83.6 Å². The molecule has 0 saturated carbocycles. The van der Waals surface area contributed by atoms with Crippen LogP contribution in [0.1, 0.15) is 149 Å². The topological polar surface area (TPSA) is 231 Å². The summed E-state index contributed by atoms with van der Waals surface area (Å²) in [7, 11) is -4.82. The number of amides is 4. The lowest BCUT2D eigenvalue weighted by molar-refractivity contribution is -0.140. The van der Waals surface area contributed by atoms with E-state index in [9.17, 15) is 33.5 Å². The number of nitrogens with one attached hydrogen (secondary N) is 5. The average Bonchev–Trinajstić information content (AvgIpc) is 4.18. The number of aryl methyl sites for hydroxylation is 1. The van der Waals surface area contributed by atoms with Crippen LogP contribution in [0.15, 0.2) is 72.2 Å². The number of phosphoric acid groups is 1. The van der Waals surface area contributed by atoms with Crippen LogP contribution in [0.5, 0.6) is 0 Å². The van der Waals surface area contributed by atoms with Gasteiger partial charge in [-0.3, -0.25) is 28.6 Å². The van der Waals surface area contributed by atoms with E-state index >= 15 is 0 Å². The number of benzene rings is 3. The number of rotatable bonds is 25. The molecule has 3 aromatic carbocycles. The second-order valence-electron chi connectivity index (χ2n) is 21.3. The number of hydrogen-bond acceptors (Lipinski definition) is 11. The van der Waals surface area contributed by atoms with Crippen molar-refractivity contribution in [3.8, 4) is 10.4 Å². The Morgan fingerprint density at radius 2 is 1.59 bits per heavy atom. The van der Waals surface area contributed by atoms with Gasteiger partial charge < -0.3 is 40.9 Å². The molecule has 2 fully saturated rings. The van der Waals surface area contributed by atoms with E-state index in [1.807, 2.05) is 70.5 Å². The third-order valence-corrected chi connectivity index (χ3v) is 15.9. The molecular formula is C55H76N9O8PS. The molecule has 19 heteroatoms. The molecule has 7 rings (SSSR count). The van der Waals surface area contributed by atoms with Crippen molar-refractivity contribution in [3.05, 3.63) is 100 Å². The number of likely N-dealkylation sites (tertiary alicyclic amines) is 2. The molecule has 0 aliphatic carbocycles. The molecule has 5 aromatic rings. The van der Waals surface area contributed by atoms with Crippen molar-refractivity contribution < 1.29 is 38.1 Å². The quantitative estimate of drug-likeness (QED) is 0.0214. The minimum atomic E-state index is -4.82. The van der Waals surface area contributed by atoms with Crippen molar-refractivity contribution in [2.24, 2.45) is 5.41 Å². The molecule has 400 valence electrons. The smallest absolute Gasteiger partial charge is 0.352 e. The van der Waals surface area contributed by atoms with E-state index in [0.717, 1.165) is 96.6 Å². The van der Waals surface area contributed by atoms with Crippen LogP contribution in [0, 0.1) is 12.3 Å². The van der Waals surface area contributed by atoms with Crippen molar-refractivity contribution in [2.75, 3.05) is 25.0 Å². The predicted molar refractivity (Wildman–Crippen MR) is 290 cm³/mol. The van der Waals surface area contributed by atoms with Gasteiger partial charge in [-0.15, -0.1) is 11.3 Å². The maximum atomic E-state index is 14.4. The summed E-state index contributed by atoms with van der Waals surface area (Å²) < 4.78 is 17.0. The Labute approximate surface area is 439 Å². The lowest BCUT2D eigenvalue weighted by Gasteiger charge is -2.37. The Kier molecular flexibility index (Phi) is 19.8. The minimum absolute atomic E-state index is 0.00962. The molecular weight excluding hydrogens is 978 g/mol. The summed E-state index contributed by atoms with van der Waals surface area (Å²) in [6, 6.07) is 19.5. The van der Waals surface area contributed by atoms with Gasteiger partial charge >= 0.3 is 7.82 Å². The zero-order valence-electron chi connectivity index (χ0n) is 43.8. The van der Waals surface area contributed by atoms with E-state index < -0.39 is 31.4 Å². The molecule has 4 heterocycles. The summed E-state index contributed by atoms with van der Waals surface area (Å²) in [5, 5.41) is 12.5. The van der Waals surface area contributed by atoms with E-state index in [1.54, 1.807) is 40.5 Å². The Hall–Kier alpha value is -5.33. The standard InChI is InChI=1S/C55H76N9O8PS/c1-36-16-15-29-63(36)34-48-60-45-27-26-43(30-46(45)61-48)59-53(67)42-24-22-41(23-25-42)52(66)56-28-14-12-10-8-7-9-11-13-17-49(65)62-51(55(4,5)6)54(68)64-33-44(72-73(69,70)71)31-47(64)37(2)57-32-39-18-20-40(21-19-39)50-38(3)58-35-74-50/h18-27,30,35-37,44,47,51,57H,7-17,28-29,31-34H2,1-6H3,(H,56,66)(H,59,67)(H,60,61)(H,62,65)(H2,69,70,71)/t36-,37?,44+,47-,51+/m0/s1. The number of aromatic amines is 1. The highest BCUT2D eigenvalue weighted by atomic mass is 32.1. The normalized spacial score (nSPS) is 18.2. The van der Waals surface area contributed by atoms with Crippen LogP contribution in [0.3, 0.4) is 0 Å². The first-order valence-electron chi connectivity index (χ1n) is 26.3. The van der Waals surface area contributed by atoms with Crippen LogP contribution in [-0.2, 0) is 31.8 Å². The molecule has 74 heavy (non-hydrogen) atoms. The van der Waals surface area contributed by atoms with Crippen molar-refractivity contribution >= 4 is 59.5 Å². The number of nitrogens with zero attached hydrogens (tertiary/aromatic N) is 4. The number of aromatic nitrogens is 3. The maximum Gasteiger partial charge on any atom is 0.469 e. The van der Waals surface area contributed by atoms with Crippen LogP contribution < -0.4 is 21.3 Å². The molecule has 4 amide bonds. The Balaban J connectivity index is 0.768. The number of unbranched alkanes of at least 4 members (excludes halogenated alkanes) is 7. The van der Waals surface area contributed by atoms with E-state index in [4.69, 9.17) is 9.51 Å². The van der Waals surface area contributed by atoms with Gasteiger partial charge in [0, 0.05) is 61.0 Å². The molecule has 1 unspecified atom stereocenters. The number of fused-ring (bicyclic) bond motifs is 1. The lowest BCUT2D eigenvalue weighted by Crippen LogP contribution is -2.58. The van der Waals surface area contributed by atoms with Gasteiger partial charge in [-0.25, -0.2) is 14.5 Å². The maximum absolute atomic E-state index is 14.4. The first-order chi connectivity index (χ1) is 35.3. The van der Waals surface area contributed by atoms with Crippen molar-refractivity contribution in [2.45, 2.75) is 162 Å². The predicted octanol–water partition coefficient (Wildman–Crippen LogP) is 9.26. The third kappa shape index (κ3) is 16.1. The van der Waals surface area contributed by atoms with Gasteiger partial charge in [0.1, 0.15) is 11.9 Å². The van der Waals surface area contributed by atoms with E-state index in [-0.39, 0.29) is 49.1 Å². The van der Waals surface area contributed by atoms with E-state index in [0.29, 0.717) is 42.4 Å². The largest absolute Gasteiger partial charge is 0.469 e. The van der Waals surface area contributed by atoms with E-state index in [2.05, 4.69) is 55.2 Å². The highest BCUT2D eigenvalue weighted by Crippen LogP contribution is 2.41. The first kappa shape index (κ1) is 56.4. The number of phosphoric ester groups is 1. The SMILES string of the molecule is Cc1ncsc1-c1ccc(CNC(C)[C@@H]2C[C@@H](OP(=O)(O)O)CN2C(=O)[C@@H](NC(=O)CCCCCCCCCCNC(=O)c2ccc(C(=O)Nc3ccc4nc(CN5CCC[C@@H]5C)[nH]c4c3)cc2)C(C)(C)C)cc1. The van der Waals surface area contributed by atoms with Crippen LogP contribution >= 0.6 is 19.2 Å². The van der Waals surface area contributed by atoms with Gasteiger partial charge in [-0.05, 0) is 118 Å². The summed E-state index contributed by atoms with van der Waals surface area (Å²) in [6.07, 6.45) is 9.56. The number of H-pyrrole nitrogens is 1. The van der Waals surface area contributed by atoms with Crippen molar-refractivity contribution in [3.63, 3.8) is 0 Å². The summed E-state index contributed by atoms with van der Waals surface area (Å²) in [6.45, 7) is 14.8. The molecule has 5 atom stereocenters. The number of anilines is 1. The molecule has 2 aliphatic rings.